The Morgan fingerprint density at radius 2 is 0.690 bits per heavy atom. The molecule has 7 rings (SSSR count). The normalized spacial score (nSPS) is 16.9. The summed E-state index contributed by atoms with van der Waals surface area (Å²) in [6.45, 7) is 0. The van der Waals surface area contributed by atoms with Crippen LogP contribution in [0.4, 0.5) is 0 Å². The van der Waals surface area contributed by atoms with E-state index in [4.69, 9.17) is 4.43 Å². The molecular weight excluding hydrogens is 541 g/mol. The molecule has 42 heavy (non-hydrogen) atoms. The molecule has 0 aliphatic carbocycles. The Kier molecular flexibility index (Phi) is 7.08. The van der Waals surface area contributed by atoms with Crippen LogP contribution < -0.4 is 20.7 Å². The van der Waals surface area contributed by atoms with E-state index < -0.39 is 21.0 Å². The molecule has 1 heterocycles. The lowest BCUT2D eigenvalue weighted by atomic mass is 9.84. The topological polar surface area (TPSA) is 9.23 Å². The summed E-state index contributed by atoms with van der Waals surface area (Å²) in [5.74, 6) is 0. The fraction of sp³-hybridized carbons (Fsp3) is 0.0769. The van der Waals surface area contributed by atoms with E-state index in [0.29, 0.717) is 0 Å². The van der Waals surface area contributed by atoms with Crippen molar-refractivity contribution in [1.82, 2.24) is 0 Å². The van der Waals surface area contributed by atoms with E-state index in [1.807, 2.05) is 0 Å². The van der Waals surface area contributed by atoms with Gasteiger partial charge < -0.3 is 4.43 Å². The lowest BCUT2D eigenvalue weighted by Gasteiger charge is -2.58. The van der Waals surface area contributed by atoms with Crippen LogP contribution in [0.2, 0.25) is 6.04 Å². The molecule has 1 nitrogen and oxygen atoms in total. The molecule has 0 N–H and O–H groups in total. The van der Waals surface area contributed by atoms with Crippen molar-refractivity contribution in [2.24, 2.45) is 0 Å². The molecule has 204 valence electrons. The van der Waals surface area contributed by atoms with Crippen LogP contribution in [0.15, 0.2) is 182 Å². The van der Waals surface area contributed by atoms with Crippen molar-refractivity contribution in [2.45, 2.75) is 18.1 Å². The van der Waals surface area contributed by atoms with Gasteiger partial charge in [0.2, 0.25) is 0 Å². The summed E-state index contributed by atoms with van der Waals surface area (Å²) >= 11 is 0. The Labute approximate surface area is 251 Å². The van der Waals surface area contributed by atoms with Gasteiger partial charge in [0, 0.05) is 0 Å². The molecule has 0 bridgehead atoms. The highest BCUT2D eigenvalue weighted by molar-refractivity contribution is 7.57. The van der Waals surface area contributed by atoms with Crippen molar-refractivity contribution in [3.8, 4) is 0 Å². The largest absolute Gasteiger partial charge is 0.396 e. The van der Waals surface area contributed by atoms with E-state index in [9.17, 15) is 0 Å². The summed E-state index contributed by atoms with van der Waals surface area (Å²) in [5, 5.41) is 5.58. The van der Waals surface area contributed by atoms with Crippen LogP contribution in [0.5, 0.6) is 0 Å². The molecule has 1 saturated heterocycles. The Hall–Kier alpha value is -4.29. The fourth-order valence-corrected chi connectivity index (χ4v) is 25.5. The van der Waals surface area contributed by atoms with Crippen LogP contribution in [0, 0.1) is 0 Å². The van der Waals surface area contributed by atoms with Crippen LogP contribution in [-0.4, -0.2) is 15.4 Å². The first-order valence-electron chi connectivity index (χ1n) is 14.8. The standard InChI is InChI=1S/C39H34OSi2/c1-7-19-33(20-8-1)39(34-21-9-2-10-22-34)31-32-41(35-23-11-3-12-24-35,36-25-13-4-14-26-36)42(40-39,37-27-15-5-16-28-37)38-29-17-6-18-30-38/h1-30H,31-32H2. The average molecular weight is 575 g/mol. The van der Waals surface area contributed by atoms with Crippen molar-refractivity contribution >= 4 is 36.2 Å². The van der Waals surface area contributed by atoms with E-state index in [1.54, 1.807) is 0 Å². The minimum atomic E-state index is -3.06. The van der Waals surface area contributed by atoms with Crippen molar-refractivity contribution in [3.63, 3.8) is 0 Å². The highest BCUT2D eigenvalue weighted by atomic mass is 29.3. The summed E-state index contributed by atoms with van der Waals surface area (Å²) in [5.41, 5.74) is 1.87. The van der Waals surface area contributed by atoms with Crippen molar-refractivity contribution in [2.75, 3.05) is 0 Å². The van der Waals surface area contributed by atoms with Crippen LogP contribution in [0.25, 0.3) is 0 Å². The fourth-order valence-electron chi connectivity index (χ4n) is 7.36. The number of benzene rings is 6. The lowest BCUT2D eigenvalue weighted by Crippen LogP contribution is -2.89. The Balaban J connectivity index is 1.65. The van der Waals surface area contributed by atoms with Crippen LogP contribution >= 0.6 is 0 Å². The summed E-state index contributed by atoms with van der Waals surface area (Å²) in [6.07, 6.45) is 0.908. The molecule has 0 amide bonds. The van der Waals surface area contributed by atoms with Crippen LogP contribution in [0.1, 0.15) is 17.5 Å². The van der Waals surface area contributed by atoms with E-state index >= 15 is 0 Å². The second kappa shape index (κ2) is 11.2. The van der Waals surface area contributed by atoms with Crippen molar-refractivity contribution in [3.05, 3.63) is 193 Å². The molecule has 6 aromatic carbocycles. The minimum Gasteiger partial charge on any atom is -0.396 e. The summed E-state index contributed by atoms with van der Waals surface area (Å²) in [7, 11) is -5.69. The lowest BCUT2D eigenvalue weighted by molar-refractivity contribution is 0.0991. The third-order valence-electron chi connectivity index (χ3n) is 9.15. The van der Waals surface area contributed by atoms with Gasteiger partial charge in [0.1, 0.15) is 5.60 Å². The zero-order chi connectivity index (χ0) is 28.3. The van der Waals surface area contributed by atoms with Gasteiger partial charge >= 0.3 is 0 Å². The third kappa shape index (κ3) is 4.16. The number of hydrogen-bond donors (Lipinski definition) is 0. The van der Waals surface area contributed by atoms with Gasteiger partial charge in [-0.1, -0.05) is 192 Å². The molecule has 0 radical (unpaired) electrons. The Morgan fingerprint density at radius 1 is 0.381 bits per heavy atom. The van der Waals surface area contributed by atoms with Gasteiger partial charge in [0.15, 0.2) is 7.59 Å². The van der Waals surface area contributed by atoms with E-state index in [1.165, 1.54) is 31.9 Å². The molecule has 0 spiro atoms. The van der Waals surface area contributed by atoms with Gasteiger partial charge in [-0.2, -0.15) is 0 Å². The maximum absolute atomic E-state index is 8.33. The van der Waals surface area contributed by atoms with Gasteiger partial charge in [-0.15, -0.1) is 0 Å². The average Bonchev–Trinajstić information content (AvgIpc) is 3.10. The molecule has 0 saturated carbocycles. The minimum absolute atomic E-state index is 0.583. The zero-order valence-corrected chi connectivity index (χ0v) is 25.6. The van der Waals surface area contributed by atoms with Gasteiger partial charge in [0.25, 0.3) is 7.83 Å². The van der Waals surface area contributed by atoms with Gasteiger partial charge in [-0.3, -0.25) is 0 Å². The van der Waals surface area contributed by atoms with Gasteiger partial charge in [0.05, 0.1) is 0 Å². The quantitative estimate of drug-likeness (QED) is 0.208. The SMILES string of the molecule is c1ccc(C2(c3ccccc3)CC[Si](c3ccccc3)(c3ccccc3)[Si](c3ccccc3)(c3ccccc3)O2)cc1. The molecule has 1 fully saturated rings. The first-order chi connectivity index (χ1) is 20.8. The van der Waals surface area contributed by atoms with Gasteiger partial charge in [-0.25, -0.2) is 0 Å². The molecule has 6 aromatic rings. The molecular formula is C39H34OSi2. The molecule has 1 aliphatic heterocycles. The number of hydrogen-bond acceptors (Lipinski definition) is 1. The predicted molar refractivity (Wildman–Crippen MR) is 180 cm³/mol. The van der Waals surface area contributed by atoms with E-state index in [2.05, 4.69) is 182 Å². The van der Waals surface area contributed by atoms with Crippen LogP contribution in [-0.2, 0) is 10.0 Å². The van der Waals surface area contributed by atoms with Crippen molar-refractivity contribution in [1.29, 1.82) is 0 Å². The van der Waals surface area contributed by atoms with Gasteiger partial charge in [-0.05, 0) is 34.0 Å². The van der Waals surface area contributed by atoms with Crippen LogP contribution in [0.3, 0.4) is 0 Å². The highest BCUT2D eigenvalue weighted by Crippen LogP contribution is 2.48. The number of rotatable bonds is 6. The second-order valence-corrected chi connectivity index (χ2v) is 22.1. The summed E-state index contributed by atoms with van der Waals surface area (Å²) < 4.78 is 8.33. The molecule has 0 aromatic heterocycles. The molecule has 0 atom stereocenters. The predicted octanol–water partition coefficient (Wildman–Crippen LogP) is 6.45. The smallest absolute Gasteiger partial charge is 0.252 e. The zero-order valence-electron chi connectivity index (χ0n) is 23.6. The summed E-state index contributed by atoms with van der Waals surface area (Å²) in [6, 6.07) is 68.1. The third-order valence-corrected chi connectivity index (χ3v) is 25.1. The maximum atomic E-state index is 8.33. The van der Waals surface area contributed by atoms with E-state index in [-0.39, 0.29) is 0 Å². The van der Waals surface area contributed by atoms with E-state index in [0.717, 1.165) is 12.5 Å². The monoisotopic (exact) mass is 574 g/mol. The molecule has 3 heteroatoms. The maximum Gasteiger partial charge on any atom is 0.252 e. The molecule has 0 unspecified atom stereocenters. The van der Waals surface area contributed by atoms with Crippen molar-refractivity contribution < 1.29 is 4.43 Å². The first-order valence-corrected chi connectivity index (χ1v) is 19.9. The second-order valence-electron chi connectivity index (χ2n) is 11.2. The molecule has 1 aliphatic rings. The Morgan fingerprint density at radius 3 is 1.05 bits per heavy atom. The highest BCUT2D eigenvalue weighted by Gasteiger charge is 2.67. The summed E-state index contributed by atoms with van der Waals surface area (Å²) in [4.78, 5) is 0. The first kappa shape index (κ1) is 26.6. The Bertz CT molecular complexity index is 1610.